The number of aryl methyl sites for hydroxylation is 1. The zero-order chi connectivity index (χ0) is 13.7. The maximum atomic E-state index is 12.2. The Morgan fingerprint density at radius 2 is 2.42 bits per heavy atom. The second-order valence-electron chi connectivity index (χ2n) is 4.88. The lowest BCUT2D eigenvalue weighted by atomic mass is 9.92. The molecule has 0 unspecified atom stereocenters. The first-order valence-corrected chi connectivity index (χ1v) is 6.88. The average molecular weight is 263 g/mol. The smallest absolute Gasteiger partial charge is 0.226 e. The van der Waals surface area contributed by atoms with Gasteiger partial charge < -0.3 is 10.1 Å². The van der Waals surface area contributed by atoms with Crippen molar-refractivity contribution in [2.45, 2.75) is 45.8 Å². The first-order valence-electron chi connectivity index (χ1n) is 6.88. The molecule has 104 valence electrons. The Kier molecular flexibility index (Phi) is 4.85. The predicted octanol–water partition coefficient (Wildman–Crippen LogP) is 1.61. The number of amides is 1. The van der Waals surface area contributed by atoms with Gasteiger partial charge in [-0.1, -0.05) is 6.92 Å². The molecule has 2 atom stereocenters. The summed E-state index contributed by atoms with van der Waals surface area (Å²) < 4.78 is 5.65. The maximum Gasteiger partial charge on any atom is 0.226 e. The summed E-state index contributed by atoms with van der Waals surface area (Å²) in [6, 6.07) is 1.82. The third-order valence-electron chi connectivity index (χ3n) is 3.46. The Balaban J connectivity index is 1.89. The van der Waals surface area contributed by atoms with Gasteiger partial charge in [0, 0.05) is 12.8 Å². The van der Waals surface area contributed by atoms with Crippen LogP contribution in [0.3, 0.4) is 0 Å². The number of carbonyl (C=O) groups excluding carboxylic acids is 1. The van der Waals surface area contributed by atoms with Crippen LogP contribution < -0.4 is 5.32 Å². The second-order valence-corrected chi connectivity index (χ2v) is 4.88. The van der Waals surface area contributed by atoms with Crippen LogP contribution in [0, 0.1) is 12.8 Å². The molecule has 1 aromatic rings. The van der Waals surface area contributed by atoms with E-state index in [-0.39, 0.29) is 17.9 Å². The molecule has 1 N–H and O–H groups in total. The second kappa shape index (κ2) is 6.61. The Morgan fingerprint density at radius 1 is 1.58 bits per heavy atom. The van der Waals surface area contributed by atoms with Crippen LogP contribution in [0.15, 0.2) is 12.3 Å². The third-order valence-corrected chi connectivity index (χ3v) is 3.46. The lowest BCUT2D eigenvalue weighted by molar-refractivity contribution is -0.134. The van der Waals surface area contributed by atoms with E-state index in [0.29, 0.717) is 6.54 Å². The number of ether oxygens (including phenoxy) is 1. The van der Waals surface area contributed by atoms with E-state index in [1.807, 2.05) is 13.0 Å². The fourth-order valence-electron chi connectivity index (χ4n) is 2.45. The van der Waals surface area contributed by atoms with E-state index in [4.69, 9.17) is 4.74 Å². The van der Waals surface area contributed by atoms with Gasteiger partial charge in [0.1, 0.15) is 5.82 Å². The fourth-order valence-corrected chi connectivity index (χ4v) is 2.45. The molecule has 1 aromatic heterocycles. The van der Waals surface area contributed by atoms with Crippen LogP contribution in [0.4, 0.5) is 0 Å². The zero-order valence-corrected chi connectivity index (χ0v) is 11.6. The van der Waals surface area contributed by atoms with Crippen LogP contribution in [0.2, 0.25) is 0 Å². The fraction of sp³-hybridized carbons (Fsp3) is 0.643. The molecule has 2 rings (SSSR count). The number of aromatic nitrogens is 2. The summed E-state index contributed by atoms with van der Waals surface area (Å²) in [6.45, 7) is 5.12. The van der Waals surface area contributed by atoms with Crippen molar-refractivity contribution in [3.05, 3.63) is 23.8 Å². The molecule has 2 heterocycles. The van der Waals surface area contributed by atoms with Crippen LogP contribution in [-0.2, 0) is 16.1 Å². The van der Waals surface area contributed by atoms with Gasteiger partial charge in [0.05, 0.1) is 24.3 Å². The number of carbonyl (C=O) groups is 1. The van der Waals surface area contributed by atoms with Crippen molar-refractivity contribution in [3.63, 3.8) is 0 Å². The zero-order valence-electron chi connectivity index (χ0n) is 11.6. The predicted molar refractivity (Wildman–Crippen MR) is 71.4 cm³/mol. The van der Waals surface area contributed by atoms with Crippen molar-refractivity contribution < 1.29 is 9.53 Å². The molecule has 0 saturated carbocycles. The van der Waals surface area contributed by atoms with Gasteiger partial charge in [-0.05, 0) is 32.3 Å². The van der Waals surface area contributed by atoms with Gasteiger partial charge in [-0.25, -0.2) is 9.97 Å². The van der Waals surface area contributed by atoms with Gasteiger partial charge in [0.2, 0.25) is 5.91 Å². The largest absolute Gasteiger partial charge is 0.377 e. The van der Waals surface area contributed by atoms with E-state index in [2.05, 4.69) is 22.2 Å². The molecule has 0 bridgehead atoms. The minimum atomic E-state index is -0.0262. The normalized spacial score (nSPS) is 23.1. The maximum absolute atomic E-state index is 12.2. The molecule has 19 heavy (non-hydrogen) atoms. The van der Waals surface area contributed by atoms with E-state index < -0.39 is 0 Å². The lowest BCUT2D eigenvalue weighted by Gasteiger charge is -2.30. The summed E-state index contributed by atoms with van der Waals surface area (Å²) in [5.41, 5.74) is 0.839. The van der Waals surface area contributed by atoms with E-state index in [9.17, 15) is 4.79 Å². The monoisotopic (exact) mass is 263 g/mol. The van der Waals surface area contributed by atoms with Crippen LogP contribution in [-0.4, -0.2) is 28.6 Å². The molecule has 1 fully saturated rings. The lowest BCUT2D eigenvalue weighted by Crippen LogP contribution is -2.41. The number of nitrogens with one attached hydrogen (secondary N) is 1. The van der Waals surface area contributed by atoms with Crippen molar-refractivity contribution in [2.75, 3.05) is 6.61 Å². The highest BCUT2D eigenvalue weighted by Crippen LogP contribution is 2.23. The molecular weight excluding hydrogens is 242 g/mol. The topological polar surface area (TPSA) is 64.1 Å². The van der Waals surface area contributed by atoms with Gasteiger partial charge in [0.25, 0.3) is 0 Å². The quantitative estimate of drug-likeness (QED) is 0.896. The van der Waals surface area contributed by atoms with Gasteiger partial charge >= 0.3 is 0 Å². The Hall–Kier alpha value is -1.49. The molecular formula is C14H21N3O2. The minimum Gasteiger partial charge on any atom is -0.377 e. The number of rotatable bonds is 4. The Bertz CT molecular complexity index is 436. The Morgan fingerprint density at radius 3 is 3.16 bits per heavy atom. The summed E-state index contributed by atoms with van der Waals surface area (Å²) in [4.78, 5) is 20.5. The van der Waals surface area contributed by atoms with Crippen molar-refractivity contribution >= 4 is 5.91 Å². The molecule has 0 radical (unpaired) electrons. The van der Waals surface area contributed by atoms with E-state index in [0.717, 1.165) is 37.4 Å². The summed E-state index contributed by atoms with van der Waals surface area (Å²) in [6.07, 6.45) is 4.52. The van der Waals surface area contributed by atoms with Gasteiger partial charge in [-0.2, -0.15) is 0 Å². The summed E-state index contributed by atoms with van der Waals surface area (Å²) in [5.74, 6) is 0.767. The molecule has 5 heteroatoms. The summed E-state index contributed by atoms with van der Waals surface area (Å²) >= 11 is 0. The molecule has 0 aliphatic carbocycles. The highest BCUT2D eigenvalue weighted by atomic mass is 16.5. The SMILES string of the molecule is CC[C@H]1OCCC[C@H]1C(=O)NCc1ccnc(C)n1. The number of nitrogens with zero attached hydrogens (tertiary/aromatic N) is 2. The molecule has 5 nitrogen and oxygen atoms in total. The van der Waals surface area contributed by atoms with Gasteiger partial charge in [-0.15, -0.1) is 0 Å². The van der Waals surface area contributed by atoms with Crippen LogP contribution in [0.1, 0.15) is 37.7 Å². The Labute approximate surface area is 113 Å². The van der Waals surface area contributed by atoms with Crippen LogP contribution in [0.5, 0.6) is 0 Å². The van der Waals surface area contributed by atoms with E-state index in [1.165, 1.54) is 0 Å². The van der Waals surface area contributed by atoms with Crippen LogP contribution in [0.25, 0.3) is 0 Å². The first-order chi connectivity index (χ1) is 9.20. The van der Waals surface area contributed by atoms with Crippen molar-refractivity contribution in [1.82, 2.24) is 15.3 Å². The molecule has 1 amide bonds. The van der Waals surface area contributed by atoms with E-state index in [1.54, 1.807) is 6.20 Å². The van der Waals surface area contributed by atoms with E-state index >= 15 is 0 Å². The van der Waals surface area contributed by atoms with Crippen LogP contribution >= 0.6 is 0 Å². The molecule has 0 aromatic carbocycles. The minimum absolute atomic E-state index is 0.0262. The number of hydrogen-bond acceptors (Lipinski definition) is 4. The molecule has 1 aliphatic rings. The number of hydrogen-bond donors (Lipinski definition) is 1. The van der Waals surface area contributed by atoms with Crippen molar-refractivity contribution in [3.8, 4) is 0 Å². The molecule has 1 aliphatic heterocycles. The highest BCUT2D eigenvalue weighted by Gasteiger charge is 2.30. The molecule has 1 saturated heterocycles. The highest BCUT2D eigenvalue weighted by molar-refractivity contribution is 5.79. The standard InChI is InChI=1S/C14H21N3O2/c1-3-13-12(5-4-8-19-13)14(18)16-9-11-6-7-15-10(2)17-11/h6-7,12-13H,3-5,8-9H2,1-2H3,(H,16,18)/t12-,13-/m1/s1. The average Bonchev–Trinajstić information content (AvgIpc) is 2.45. The third kappa shape index (κ3) is 3.73. The summed E-state index contributed by atoms with van der Waals surface area (Å²) in [5, 5.41) is 2.95. The summed E-state index contributed by atoms with van der Waals surface area (Å²) in [7, 11) is 0. The van der Waals surface area contributed by atoms with Gasteiger partial charge in [-0.3, -0.25) is 4.79 Å². The first kappa shape index (κ1) is 13.9. The molecule has 0 spiro atoms. The van der Waals surface area contributed by atoms with Crippen molar-refractivity contribution in [2.24, 2.45) is 5.92 Å². The van der Waals surface area contributed by atoms with Gasteiger partial charge in [0.15, 0.2) is 0 Å². The van der Waals surface area contributed by atoms with Crippen molar-refractivity contribution in [1.29, 1.82) is 0 Å².